The van der Waals surface area contributed by atoms with Crippen LogP contribution in [0.2, 0.25) is 10.0 Å². The van der Waals surface area contributed by atoms with Gasteiger partial charge in [-0.3, -0.25) is 0 Å². The number of ether oxygens (including phenoxy) is 1. The second kappa shape index (κ2) is 7.09. The number of aliphatic hydroxyl groups excluding tert-OH is 1. The highest BCUT2D eigenvalue weighted by molar-refractivity contribution is 6.42. The van der Waals surface area contributed by atoms with Gasteiger partial charge in [0.05, 0.1) is 29.3 Å². The van der Waals surface area contributed by atoms with E-state index in [4.69, 9.17) is 33.0 Å². The first-order valence-electron chi connectivity index (χ1n) is 4.94. The van der Waals surface area contributed by atoms with E-state index in [1.807, 2.05) is 6.07 Å². The van der Waals surface area contributed by atoms with Gasteiger partial charge in [0.25, 0.3) is 0 Å². The van der Waals surface area contributed by atoms with E-state index < -0.39 is 0 Å². The third-order valence-electron chi connectivity index (χ3n) is 2.17. The molecule has 1 aromatic rings. The van der Waals surface area contributed by atoms with Gasteiger partial charge in [0.1, 0.15) is 0 Å². The van der Waals surface area contributed by atoms with Crippen molar-refractivity contribution in [2.24, 2.45) is 0 Å². The van der Waals surface area contributed by atoms with Gasteiger partial charge >= 0.3 is 0 Å². The highest BCUT2D eigenvalue weighted by Gasteiger charge is 2.06. The normalized spacial score (nSPS) is 12.8. The Labute approximate surface area is 105 Å². The zero-order valence-electron chi connectivity index (χ0n) is 9.04. The number of halogens is 2. The molecule has 0 aromatic heterocycles. The lowest BCUT2D eigenvalue weighted by atomic mass is 10.2. The van der Waals surface area contributed by atoms with Crippen LogP contribution in [0.25, 0.3) is 0 Å². The van der Waals surface area contributed by atoms with E-state index in [1.54, 1.807) is 19.2 Å². The summed E-state index contributed by atoms with van der Waals surface area (Å²) >= 11 is 11.7. The third kappa shape index (κ3) is 4.28. The maximum absolute atomic E-state index is 9.04. The van der Waals surface area contributed by atoms with E-state index in [-0.39, 0.29) is 12.6 Å². The largest absolute Gasteiger partial charge is 0.395 e. The first-order chi connectivity index (χ1) is 7.67. The van der Waals surface area contributed by atoms with E-state index in [0.29, 0.717) is 23.2 Å². The van der Waals surface area contributed by atoms with Crippen LogP contribution in [-0.2, 0) is 11.3 Å². The fraction of sp³-hybridized carbons (Fsp3) is 0.455. The predicted molar refractivity (Wildman–Crippen MR) is 66.1 cm³/mol. The van der Waals surface area contributed by atoms with E-state index in [9.17, 15) is 0 Å². The fourth-order valence-electron chi connectivity index (χ4n) is 1.29. The Kier molecular flexibility index (Phi) is 6.09. The molecule has 3 nitrogen and oxygen atoms in total. The molecular formula is C11H15Cl2NO2. The average Bonchev–Trinajstić information content (AvgIpc) is 2.28. The molecule has 1 atom stereocenters. The Morgan fingerprint density at radius 1 is 1.38 bits per heavy atom. The molecule has 1 unspecified atom stereocenters. The van der Waals surface area contributed by atoms with Crippen molar-refractivity contribution in [1.29, 1.82) is 0 Å². The van der Waals surface area contributed by atoms with Crippen LogP contribution in [0.4, 0.5) is 0 Å². The maximum Gasteiger partial charge on any atom is 0.0638 e. The number of methoxy groups -OCH3 is 1. The van der Waals surface area contributed by atoms with Crippen LogP contribution in [0, 0.1) is 0 Å². The van der Waals surface area contributed by atoms with Gasteiger partial charge in [-0.2, -0.15) is 0 Å². The first-order valence-corrected chi connectivity index (χ1v) is 5.70. The van der Waals surface area contributed by atoms with E-state index in [0.717, 1.165) is 5.56 Å². The molecule has 0 radical (unpaired) electrons. The summed E-state index contributed by atoms with van der Waals surface area (Å²) in [5.74, 6) is 0. The summed E-state index contributed by atoms with van der Waals surface area (Å²) in [5, 5.41) is 13.3. The molecule has 0 bridgehead atoms. The number of benzene rings is 1. The Morgan fingerprint density at radius 2 is 2.12 bits per heavy atom. The second-order valence-corrected chi connectivity index (χ2v) is 4.28. The molecule has 0 amide bonds. The van der Waals surface area contributed by atoms with E-state index >= 15 is 0 Å². The Morgan fingerprint density at radius 3 is 2.69 bits per heavy atom. The van der Waals surface area contributed by atoms with Gasteiger partial charge in [0, 0.05) is 13.7 Å². The van der Waals surface area contributed by atoms with Crippen molar-refractivity contribution >= 4 is 23.2 Å². The van der Waals surface area contributed by atoms with Crippen LogP contribution in [-0.4, -0.2) is 31.5 Å². The van der Waals surface area contributed by atoms with Gasteiger partial charge in [-0.05, 0) is 17.7 Å². The molecule has 0 aliphatic carbocycles. The van der Waals surface area contributed by atoms with E-state index in [2.05, 4.69) is 5.32 Å². The molecule has 16 heavy (non-hydrogen) atoms. The molecule has 0 saturated carbocycles. The highest BCUT2D eigenvalue weighted by Crippen LogP contribution is 2.22. The average molecular weight is 264 g/mol. The standard InChI is InChI=1S/C11H15Cl2NO2/c1-16-7-9(6-15)14-5-8-2-3-10(12)11(13)4-8/h2-4,9,14-15H,5-7H2,1H3. The minimum atomic E-state index is -0.0700. The Bertz CT molecular complexity index is 334. The van der Waals surface area contributed by atoms with Crippen LogP contribution < -0.4 is 5.32 Å². The lowest BCUT2D eigenvalue weighted by Gasteiger charge is -2.15. The molecule has 2 N–H and O–H groups in total. The van der Waals surface area contributed by atoms with E-state index in [1.165, 1.54) is 0 Å². The molecule has 0 saturated heterocycles. The minimum absolute atomic E-state index is 0.0369. The summed E-state index contributed by atoms with van der Waals surface area (Å²) in [4.78, 5) is 0. The van der Waals surface area contributed by atoms with Crippen molar-refractivity contribution < 1.29 is 9.84 Å². The smallest absolute Gasteiger partial charge is 0.0638 e. The van der Waals surface area contributed by atoms with Gasteiger partial charge in [-0.1, -0.05) is 29.3 Å². The van der Waals surface area contributed by atoms with Gasteiger partial charge < -0.3 is 15.2 Å². The summed E-state index contributed by atoms with van der Waals surface area (Å²) in [6, 6.07) is 5.38. The lowest BCUT2D eigenvalue weighted by molar-refractivity contribution is 0.128. The molecule has 5 heteroatoms. The van der Waals surface area contributed by atoms with Crippen molar-refractivity contribution in [3.05, 3.63) is 33.8 Å². The topological polar surface area (TPSA) is 41.5 Å². The molecule has 0 aliphatic rings. The molecule has 0 aliphatic heterocycles. The molecule has 1 aromatic carbocycles. The molecule has 0 spiro atoms. The van der Waals surface area contributed by atoms with Gasteiger partial charge in [0.2, 0.25) is 0 Å². The Hall–Kier alpha value is -0.320. The number of hydrogen-bond donors (Lipinski definition) is 2. The fourth-order valence-corrected chi connectivity index (χ4v) is 1.61. The summed E-state index contributed by atoms with van der Waals surface area (Å²) in [5.41, 5.74) is 1.02. The summed E-state index contributed by atoms with van der Waals surface area (Å²) < 4.78 is 4.96. The predicted octanol–water partition coefficient (Wildman–Crippen LogP) is 2.09. The molecule has 90 valence electrons. The molecule has 0 fully saturated rings. The minimum Gasteiger partial charge on any atom is -0.395 e. The first kappa shape index (κ1) is 13.7. The third-order valence-corrected chi connectivity index (χ3v) is 2.91. The van der Waals surface area contributed by atoms with Crippen LogP contribution in [0.15, 0.2) is 18.2 Å². The molecule has 1 rings (SSSR count). The molecular weight excluding hydrogens is 249 g/mol. The summed E-state index contributed by atoms with van der Waals surface area (Å²) in [7, 11) is 1.60. The summed E-state index contributed by atoms with van der Waals surface area (Å²) in [6.07, 6.45) is 0. The lowest BCUT2D eigenvalue weighted by Crippen LogP contribution is -2.35. The number of aliphatic hydroxyl groups is 1. The maximum atomic E-state index is 9.04. The van der Waals surface area contributed by atoms with Crippen molar-refractivity contribution in [3.63, 3.8) is 0 Å². The van der Waals surface area contributed by atoms with Crippen LogP contribution in [0.5, 0.6) is 0 Å². The van der Waals surface area contributed by atoms with Gasteiger partial charge in [-0.15, -0.1) is 0 Å². The zero-order chi connectivity index (χ0) is 12.0. The number of hydrogen-bond acceptors (Lipinski definition) is 3. The number of nitrogens with one attached hydrogen (secondary N) is 1. The number of rotatable bonds is 6. The van der Waals surface area contributed by atoms with Crippen molar-refractivity contribution in [2.45, 2.75) is 12.6 Å². The second-order valence-electron chi connectivity index (χ2n) is 3.46. The Balaban J connectivity index is 2.50. The van der Waals surface area contributed by atoms with Crippen LogP contribution >= 0.6 is 23.2 Å². The molecule has 0 heterocycles. The van der Waals surface area contributed by atoms with Crippen LogP contribution in [0.3, 0.4) is 0 Å². The SMILES string of the molecule is COCC(CO)NCc1ccc(Cl)c(Cl)c1. The van der Waals surface area contributed by atoms with Crippen LogP contribution in [0.1, 0.15) is 5.56 Å². The monoisotopic (exact) mass is 263 g/mol. The van der Waals surface area contributed by atoms with Crippen molar-refractivity contribution in [3.8, 4) is 0 Å². The van der Waals surface area contributed by atoms with Crippen molar-refractivity contribution in [1.82, 2.24) is 5.32 Å². The summed E-state index contributed by atoms with van der Waals surface area (Å²) in [6.45, 7) is 1.12. The highest BCUT2D eigenvalue weighted by atomic mass is 35.5. The van der Waals surface area contributed by atoms with Gasteiger partial charge in [0.15, 0.2) is 0 Å². The van der Waals surface area contributed by atoms with Gasteiger partial charge in [-0.25, -0.2) is 0 Å². The quantitative estimate of drug-likeness (QED) is 0.826. The van der Waals surface area contributed by atoms with Crippen molar-refractivity contribution in [2.75, 3.05) is 20.3 Å². The zero-order valence-corrected chi connectivity index (χ0v) is 10.6.